The van der Waals surface area contributed by atoms with E-state index in [-0.39, 0.29) is 11.4 Å². The Morgan fingerprint density at radius 3 is 2.76 bits per heavy atom. The Labute approximate surface area is 101 Å². The number of nitrogens with two attached hydrogens (primary N) is 1. The van der Waals surface area contributed by atoms with Crippen molar-refractivity contribution in [3.05, 3.63) is 24.0 Å². The maximum Gasteiger partial charge on any atom is 0.255 e. The van der Waals surface area contributed by atoms with Crippen molar-refractivity contribution in [1.82, 2.24) is 14.8 Å². The van der Waals surface area contributed by atoms with Crippen LogP contribution in [0.4, 0.5) is 0 Å². The van der Waals surface area contributed by atoms with Crippen molar-refractivity contribution in [3.8, 4) is 11.8 Å². The van der Waals surface area contributed by atoms with Gasteiger partial charge in [-0.15, -0.1) is 4.83 Å². The zero-order valence-electron chi connectivity index (χ0n) is 9.64. The molecule has 1 aromatic rings. The first kappa shape index (κ1) is 13.6. The van der Waals surface area contributed by atoms with Crippen LogP contribution in [0.25, 0.3) is 0 Å². The van der Waals surface area contributed by atoms with E-state index in [0.29, 0.717) is 5.56 Å². The summed E-state index contributed by atoms with van der Waals surface area (Å²) >= 11 is 0. The van der Waals surface area contributed by atoms with Crippen LogP contribution in [-0.4, -0.2) is 39.1 Å². The van der Waals surface area contributed by atoms with E-state index in [0.717, 1.165) is 0 Å². The highest BCUT2D eigenvalue weighted by atomic mass is 32.2. The van der Waals surface area contributed by atoms with E-state index in [9.17, 15) is 8.42 Å². The van der Waals surface area contributed by atoms with Gasteiger partial charge in [0.2, 0.25) is 0 Å². The van der Waals surface area contributed by atoms with Gasteiger partial charge in [-0.3, -0.25) is 4.98 Å². The summed E-state index contributed by atoms with van der Waals surface area (Å²) in [5, 5.41) is 1.34. The number of aromatic nitrogens is 1. The summed E-state index contributed by atoms with van der Waals surface area (Å²) in [4.78, 5) is 6.21. The number of pyridine rings is 1. The van der Waals surface area contributed by atoms with E-state index >= 15 is 0 Å². The Kier molecular flexibility index (Phi) is 4.60. The SMILES string of the molecule is CN(C)NS(=O)(=O)c1cncc(C#CCN)c1. The number of hydrogen-bond acceptors (Lipinski definition) is 5. The van der Waals surface area contributed by atoms with Crippen molar-refractivity contribution in [2.75, 3.05) is 20.6 Å². The minimum atomic E-state index is -3.59. The topological polar surface area (TPSA) is 88.3 Å². The molecule has 6 nitrogen and oxygen atoms in total. The Morgan fingerprint density at radius 1 is 1.47 bits per heavy atom. The summed E-state index contributed by atoms with van der Waals surface area (Å²) in [5.41, 5.74) is 5.75. The summed E-state index contributed by atoms with van der Waals surface area (Å²) in [6.07, 6.45) is 2.75. The average molecular weight is 254 g/mol. The van der Waals surface area contributed by atoms with Gasteiger partial charge in [0.15, 0.2) is 0 Å². The number of rotatable bonds is 3. The van der Waals surface area contributed by atoms with Gasteiger partial charge in [-0.25, -0.2) is 13.4 Å². The van der Waals surface area contributed by atoms with Gasteiger partial charge in [0.25, 0.3) is 10.0 Å². The second-order valence-corrected chi connectivity index (χ2v) is 5.07. The van der Waals surface area contributed by atoms with Crippen molar-refractivity contribution in [2.45, 2.75) is 4.90 Å². The molecule has 1 rings (SSSR count). The van der Waals surface area contributed by atoms with Crippen molar-refractivity contribution in [1.29, 1.82) is 0 Å². The van der Waals surface area contributed by atoms with Crippen LogP contribution in [0.1, 0.15) is 5.56 Å². The summed E-state index contributed by atoms with van der Waals surface area (Å²) in [6, 6.07) is 1.45. The van der Waals surface area contributed by atoms with Gasteiger partial charge in [-0.1, -0.05) is 11.8 Å². The van der Waals surface area contributed by atoms with E-state index in [2.05, 4.69) is 21.7 Å². The first-order chi connectivity index (χ1) is 7.95. The lowest BCUT2D eigenvalue weighted by Crippen LogP contribution is -2.36. The zero-order chi connectivity index (χ0) is 12.9. The molecular formula is C10H14N4O2S. The van der Waals surface area contributed by atoms with E-state index in [1.54, 1.807) is 14.1 Å². The molecule has 0 aliphatic rings. The Morgan fingerprint density at radius 2 is 2.18 bits per heavy atom. The van der Waals surface area contributed by atoms with Crippen LogP contribution in [0.5, 0.6) is 0 Å². The Hall–Kier alpha value is -1.46. The van der Waals surface area contributed by atoms with Crippen molar-refractivity contribution in [2.24, 2.45) is 5.73 Å². The molecule has 7 heteroatoms. The number of nitrogens with zero attached hydrogens (tertiary/aromatic N) is 2. The monoisotopic (exact) mass is 254 g/mol. The molecule has 0 aliphatic heterocycles. The molecule has 0 saturated heterocycles. The third-order valence-electron chi connectivity index (χ3n) is 1.66. The Bertz CT molecular complexity index is 543. The number of sulfonamides is 1. The van der Waals surface area contributed by atoms with Crippen LogP contribution >= 0.6 is 0 Å². The molecule has 0 spiro atoms. The highest BCUT2D eigenvalue weighted by molar-refractivity contribution is 7.89. The van der Waals surface area contributed by atoms with Crippen LogP contribution in [-0.2, 0) is 10.0 Å². The van der Waals surface area contributed by atoms with Gasteiger partial charge in [0.05, 0.1) is 6.54 Å². The van der Waals surface area contributed by atoms with Crippen LogP contribution in [0.2, 0.25) is 0 Å². The molecule has 17 heavy (non-hydrogen) atoms. The van der Waals surface area contributed by atoms with E-state index < -0.39 is 10.0 Å². The average Bonchev–Trinajstić information content (AvgIpc) is 2.25. The predicted molar refractivity (Wildman–Crippen MR) is 64.2 cm³/mol. The molecule has 0 aliphatic carbocycles. The first-order valence-electron chi connectivity index (χ1n) is 4.79. The maximum atomic E-state index is 11.8. The lowest BCUT2D eigenvalue weighted by atomic mass is 10.3. The number of hydrogen-bond donors (Lipinski definition) is 2. The Balaban J connectivity index is 3.07. The van der Waals surface area contributed by atoms with E-state index in [4.69, 9.17) is 5.73 Å². The highest BCUT2D eigenvalue weighted by Crippen LogP contribution is 2.08. The molecule has 0 radical (unpaired) electrons. The number of hydrazine groups is 1. The largest absolute Gasteiger partial charge is 0.320 e. The highest BCUT2D eigenvalue weighted by Gasteiger charge is 2.15. The van der Waals surface area contributed by atoms with Crippen LogP contribution in [0, 0.1) is 11.8 Å². The fraction of sp³-hybridized carbons (Fsp3) is 0.300. The summed E-state index contributed by atoms with van der Waals surface area (Å²) < 4.78 is 23.6. The fourth-order valence-electron chi connectivity index (χ4n) is 1.08. The zero-order valence-corrected chi connectivity index (χ0v) is 10.5. The van der Waals surface area contributed by atoms with Gasteiger partial charge >= 0.3 is 0 Å². The first-order valence-corrected chi connectivity index (χ1v) is 6.28. The summed E-state index contributed by atoms with van der Waals surface area (Å²) in [6.45, 7) is 0.215. The maximum absolute atomic E-state index is 11.8. The second-order valence-electron chi connectivity index (χ2n) is 3.40. The molecule has 0 amide bonds. The lowest BCUT2D eigenvalue weighted by molar-refractivity contribution is 0.364. The number of nitrogens with one attached hydrogen (secondary N) is 1. The second kappa shape index (κ2) is 5.75. The van der Waals surface area contributed by atoms with E-state index in [1.807, 2.05) is 0 Å². The molecule has 92 valence electrons. The molecule has 0 atom stereocenters. The molecule has 0 bridgehead atoms. The molecule has 0 unspecified atom stereocenters. The fourth-order valence-corrected chi connectivity index (χ4v) is 2.15. The quantitative estimate of drug-likeness (QED) is 0.541. The van der Waals surface area contributed by atoms with Crippen LogP contribution in [0.15, 0.2) is 23.4 Å². The van der Waals surface area contributed by atoms with Gasteiger partial charge < -0.3 is 5.73 Å². The summed E-state index contributed by atoms with van der Waals surface area (Å²) in [5.74, 6) is 5.36. The molecule has 3 N–H and O–H groups in total. The third kappa shape index (κ3) is 4.13. The van der Waals surface area contributed by atoms with Gasteiger partial charge in [0, 0.05) is 32.1 Å². The van der Waals surface area contributed by atoms with E-state index in [1.165, 1.54) is 23.5 Å². The summed E-state index contributed by atoms with van der Waals surface area (Å²) in [7, 11) is -0.420. The molecule has 0 aromatic carbocycles. The molecule has 0 fully saturated rings. The minimum Gasteiger partial charge on any atom is -0.320 e. The minimum absolute atomic E-state index is 0.0648. The molecule has 0 saturated carbocycles. The van der Waals surface area contributed by atoms with Gasteiger partial charge in [0.1, 0.15) is 4.90 Å². The third-order valence-corrected chi connectivity index (χ3v) is 3.11. The standard InChI is InChI=1S/C10H14N4O2S/c1-14(2)13-17(15,16)10-6-9(4-3-5-11)7-12-8-10/h6-8,13H,5,11H2,1-2H3. The molecule has 1 heterocycles. The molecular weight excluding hydrogens is 240 g/mol. The van der Waals surface area contributed by atoms with Crippen molar-refractivity contribution in [3.63, 3.8) is 0 Å². The smallest absolute Gasteiger partial charge is 0.255 e. The van der Waals surface area contributed by atoms with Crippen molar-refractivity contribution < 1.29 is 8.42 Å². The van der Waals surface area contributed by atoms with Crippen LogP contribution in [0.3, 0.4) is 0 Å². The van der Waals surface area contributed by atoms with Crippen LogP contribution < -0.4 is 10.6 Å². The lowest BCUT2D eigenvalue weighted by Gasteiger charge is -2.12. The van der Waals surface area contributed by atoms with Gasteiger partial charge in [-0.05, 0) is 6.07 Å². The van der Waals surface area contributed by atoms with Crippen molar-refractivity contribution >= 4 is 10.0 Å². The van der Waals surface area contributed by atoms with Gasteiger partial charge in [-0.2, -0.15) is 0 Å². The molecule has 1 aromatic heterocycles. The normalized spacial score (nSPS) is 11.1. The predicted octanol–water partition coefficient (Wildman–Crippen LogP) is -0.853.